The van der Waals surface area contributed by atoms with Gasteiger partial charge >= 0.3 is 0 Å². The topological polar surface area (TPSA) is 55.6 Å². The van der Waals surface area contributed by atoms with E-state index in [1.165, 1.54) is 23.3 Å². The van der Waals surface area contributed by atoms with Crippen molar-refractivity contribution < 1.29 is 9.66 Å². The Balaban J connectivity index is 1.72. The summed E-state index contributed by atoms with van der Waals surface area (Å²) in [5.74, 6) is 0.920. The molecule has 0 fully saturated rings. The highest BCUT2D eigenvalue weighted by Crippen LogP contribution is 2.28. The van der Waals surface area contributed by atoms with Crippen LogP contribution in [0.1, 0.15) is 16.7 Å². The Hall–Kier alpha value is -2.40. The van der Waals surface area contributed by atoms with Gasteiger partial charge in [-0.15, -0.1) is 0 Å². The number of hydrogen-bond donors (Lipinski definition) is 0. The molecule has 0 aromatic heterocycles. The molecule has 5 heteroatoms. The normalized spacial score (nSPS) is 14.4. The average Bonchev–Trinajstić information content (AvgIpc) is 2.52. The monoisotopic (exact) mass is 298 g/mol. The lowest BCUT2D eigenvalue weighted by molar-refractivity contribution is -0.384. The van der Waals surface area contributed by atoms with Crippen LogP contribution in [0, 0.1) is 10.1 Å². The molecule has 114 valence electrons. The summed E-state index contributed by atoms with van der Waals surface area (Å²) < 4.78 is 5.94. The van der Waals surface area contributed by atoms with Crippen LogP contribution in [0.15, 0.2) is 42.5 Å². The largest absolute Gasteiger partial charge is 0.489 e. The maximum absolute atomic E-state index is 10.6. The van der Waals surface area contributed by atoms with E-state index in [9.17, 15) is 10.1 Å². The minimum Gasteiger partial charge on any atom is -0.489 e. The Morgan fingerprint density at radius 2 is 2.00 bits per heavy atom. The quantitative estimate of drug-likeness (QED) is 0.642. The molecule has 0 spiro atoms. The van der Waals surface area contributed by atoms with Gasteiger partial charge in [-0.25, -0.2) is 0 Å². The van der Waals surface area contributed by atoms with Gasteiger partial charge in [0.15, 0.2) is 0 Å². The molecule has 22 heavy (non-hydrogen) atoms. The summed E-state index contributed by atoms with van der Waals surface area (Å²) in [6.45, 7) is 2.40. The van der Waals surface area contributed by atoms with E-state index in [-0.39, 0.29) is 5.69 Å². The molecule has 1 heterocycles. The van der Waals surface area contributed by atoms with Gasteiger partial charge in [0.25, 0.3) is 5.69 Å². The van der Waals surface area contributed by atoms with Gasteiger partial charge in [0.1, 0.15) is 12.4 Å². The van der Waals surface area contributed by atoms with Gasteiger partial charge in [0.05, 0.1) is 4.92 Å². The second kappa shape index (κ2) is 6.15. The standard InChI is InChI=1S/C17H18N2O3/c1-18-10-9-16-14(11-18)3-2-4-17(16)22-12-13-5-7-15(8-6-13)19(20)21/h2-8H,9-12H2,1H3. The Morgan fingerprint density at radius 1 is 1.23 bits per heavy atom. The van der Waals surface area contributed by atoms with Crippen molar-refractivity contribution in [2.75, 3.05) is 13.6 Å². The summed E-state index contributed by atoms with van der Waals surface area (Å²) in [7, 11) is 2.12. The van der Waals surface area contributed by atoms with Crippen LogP contribution in [0.2, 0.25) is 0 Å². The van der Waals surface area contributed by atoms with Crippen molar-refractivity contribution in [3.8, 4) is 5.75 Å². The van der Waals surface area contributed by atoms with E-state index in [0.29, 0.717) is 6.61 Å². The number of nitrogens with zero attached hydrogens (tertiary/aromatic N) is 2. The fourth-order valence-corrected chi connectivity index (χ4v) is 2.73. The first kappa shape index (κ1) is 14.5. The van der Waals surface area contributed by atoms with Crippen molar-refractivity contribution in [1.29, 1.82) is 0 Å². The number of benzene rings is 2. The molecule has 0 bridgehead atoms. The van der Waals surface area contributed by atoms with E-state index in [4.69, 9.17) is 4.74 Å². The Kier molecular flexibility index (Phi) is 4.06. The molecule has 0 unspecified atom stereocenters. The zero-order valence-corrected chi connectivity index (χ0v) is 12.5. The number of ether oxygens (including phenoxy) is 1. The summed E-state index contributed by atoms with van der Waals surface area (Å²) >= 11 is 0. The predicted molar refractivity (Wildman–Crippen MR) is 83.9 cm³/mol. The molecule has 3 rings (SSSR count). The molecule has 0 saturated heterocycles. The third kappa shape index (κ3) is 3.09. The lowest BCUT2D eigenvalue weighted by atomic mass is 9.99. The van der Waals surface area contributed by atoms with Gasteiger partial charge in [0, 0.05) is 25.2 Å². The van der Waals surface area contributed by atoms with Crippen LogP contribution in [-0.2, 0) is 19.6 Å². The molecule has 1 aliphatic heterocycles. The molecule has 0 amide bonds. The highest BCUT2D eigenvalue weighted by Gasteiger charge is 2.16. The molecule has 5 nitrogen and oxygen atoms in total. The Labute approximate surface area is 129 Å². The van der Waals surface area contributed by atoms with E-state index >= 15 is 0 Å². The molecular formula is C17H18N2O3. The number of nitro benzene ring substituents is 1. The SMILES string of the molecule is CN1CCc2c(cccc2OCc2ccc([N+](=O)[O-])cc2)C1. The van der Waals surface area contributed by atoms with Crippen LogP contribution >= 0.6 is 0 Å². The Morgan fingerprint density at radius 3 is 2.73 bits per heavy atom. The number of nitro groups is 1. The number of hydrogen-bond acceptors (Lipinski definition) is 4. The average molecular weight is 298 g/mol. The third-order valence-electron chi connectivity index (χ3n) is 3.96. The minimum absolute atomic E-state index is 0.101. The van der Waals surface area contributed by atoms with Gasteiger partial charge in [-0.05, 0) is 48.4 Å². The summed E-state index contributed by atoms with van der Waals surface area (Å²) in [6, 6.07) is 12.6. The summed E-state index contributed by atoms with van der Waals surface area (Å²) in [4.78, 5) is 12.5. The maximum Gasteiger partial charge on any atom is 0.269 e. The molecule has 2 aromatic rings. The van der Waals surface area contributed by atoms with Gasteiger partial charge in [-0.3, -0.25) is 10.1 Å². The number of rotatable bonds is 4. The van der Waals surface area contributed by atoms with E-state index in [1.54, 1.807) is 12.1 Å². The first-order valence-electron chi connectivity index (χ1n) is 7.29. The van der Waals surface area contributed by atoms with Crippen molar-refractivity contribution in [3.63, 3.8) is 0 Å². The van der Waals surface area contributed by atoms with Gasteiger partial charge in [-0.2, -0.15) is 0 Å². The summed E-state index contributed by atoms with van der Waals surface area (Å²) in [5.41, 5.74) is 3.62. The summed E-state index contributed by atoms with van der Waals surface area (Å²) in [5, 5.41) is 10.6. The van der Waals surface area contributed by atoms with Crippen molar-refractivity contribution in [1.82, 2.24) is 4.90 Å². The third-order valence-corrected chi connectivity index (χ3v) is 3.96. The van der Waals surface area contributed by atoms with E-state index in [1.807, 2.05) is 12.1 Å². The van der Waals surface area contributed by atoms with Crippen molar-refractivity contribution >= 4 is 5.69 Å². The minimum atomic E-state index is -0.394. The van der Waals surface area contributed by atoms with Crippen LogP contribution in [0.5, 0.6) is 5.75 Å². The van der Waals surface area contributed by atoms with Crippen molar-refractivity contribution in [3.05, 3.63) is 69.3 Å². The van der Waals surface area contributed by atoms with Gasteiger partial charge in [-0.1, -0.05) is 12.1 Å². The zero-order chi connectivity index (χ0) is 15.5. The lowest BCUT2D eigenvalue weighted by Gasteiger charge is -2.26. The second-order valence-corrected chi connectivity index (χ2v) is 5.59. The molecule has 0 radical (unpaired) electrons. The molecule has 0 saturated carbocycles. The van der Waals surface area contributed by atoms with E-state index in [2.05, 4.69) is 18.0 Å². The molecular weight excluding hydrogens is 280 g/mol. The Bertz CT molecular complexity index is 683. The first-order chi connectivity index (χ1) is 10.6. The summed E-state index contributed by atoms with van der Waals surface area (Å²) in [6.07, 6.45) is 0.988. The predicted octanol–water partition coefficient (Wildman–Crippen LogP) is 3.16. The number of fused-ring (bicyclic) bond motifs is 1. The smallest absolute Gasteiger partial charge is 0.269 e. The number of likely N-dealkylation sites (N-methyl/N-ethyl adjacent to an activating group) is 1. The van der Waals surface area contributed by atoms with Crippen molar-refractivity contribution in [2.45, 2.75) is 19.6 Å². The molecule has 2 aromatic carbocycles. The van der Waals surface area contributed by atoms with E-state index in [0.717, 1.165) is 30.8 Å². The highest BCUT2D eigenvalue weighted by atomic mass is 16.6. The zero-order valence-electron chi connectivity index (χ0n) is 12.5. The maximum atomic E-state index is 10.6. The fourth-order valence-electron chi connectivity index (χ4n) is 2.73. The molecule has 1 aliphatic rings. The lowest BCUT2D eigenvalue weighted by Crippen LogP contribution is -2.26. The number of non-ortho nitro benzene ring substituents is 1. The van der Waals surface area contributed by atoms with Crippen molar-refractivity contribution in [2.24, 2.45) is 0 Å². The van der Waals surface area contributed by atoms with Crippen LogP contribution < -0.4 is 4.74 Å². The highest BCUT2D eigenvalue weighted by molar-refractivity contribution is 5.42. The van der Waals surface area contributed by atoms with E-state index < -0.39 is 4.92 Å². The van der Waals surface area contributed by atoms with Crippen LogP contribution in [0.4, 0.5) is 5.69 Å². The van der Waals surface area contributed by atoms with Gasteiger partial charge in [0.2, 0.25) is 0 Å². The van der Waals surface area contributed by atoms with Gasteiger partial charge < -0.3 is 9.64 Å². The molecule has 0 aliphatic carbocycles. The first-order valence-corrected chi connectivity index (χ1v) is 7.29. The molecule has 0 atom stereocenters. The fraction of sp³-hybridized carbons (Fsp3) is 0.294. The van der Waals surface area contributed by atoms with Crippen LogP contribution in [0.25, 0.3) is 0 Å². The molecule has 0 N–H and O–H groups in total. The van der Waals surface area contributed by atoms with Crippen LogP contribution in [-0.4, -0.2) is 23.4 Å². The van der Waals surface area contributed by atoms with Crippen LogP contribution in [0.3, 0.4) is 0 Å². The second-order valence-electron chi connectivity index (χ2n) is 5.59.